The van der Waals surface area contributed by atoms with Crippen molar-refractivity contribution in [2.24, 2.45) is 5.73 Å². The zero-order valence-electron chi connectivity index (χ0n) is 10.6. The van der Waals surface area contributed by atoms with E-state index in [1.165, 1.54) is 0 Å². The van der Waals surface area contributed by atoms with Gasteiger partial charge in [0, 0.05) is 4.88 Å². The maximum absolute atomic E-state index is 6.23. The van der Waals surface area contributed by atoms with Crippen molar-refractivity contribution in [3.05, 3.63) is 46.2 Å². The second-order valence-electron chi connectivity index (χ2n) is 3.84. The first-order chi connectivity index (χ1) is 8.76. The molecule has 0 bridgehead atoms. The quantitative estimate of drug-likeness (QED) is 0.901. The molecule has 0 aliphatic heterocycles. The number of rotatable bonds is 5. The molecule has 2 N–H and O–H groups in total. The Morgan fingerprint density at radius 2 is 2.11 bits per heavy atom. The van der Waals surface area contributed by atoms with Crippen LogP contribution < -0.4 is 15.2 Å². The van der Waals surface area contributed by atoms with Gasteiger partial charge in [-0.3, -0.25) is 0 Å². The lowest BCUT2D eigenvalue weighted by atomic mass is 10.1. The van der Waals surface area contributed by atoms with Gasteiger partial charge in [-0.15, -0.1) is 11.3 Å². The molecule has 0 fully saturated rings. The summed E-state index contributed by atoms with van der Waals surface area (Å²) in [5.41, 5.74) is 7.26. The van der Waals surface area contributed by atoms with E-state index in [0.717, 1.165) is 21.9 Å². The van der Waals surface area contributed by atoms with Gasteiger partial charge in [-0.25, -0.2) is 0 Å². The maximum Gasteiger partial charge on any atom is 0.161 e. The van der Waals surface area contributed by atoms with Crippen LogP contribution in [0.1, 0.15) is 23.4 Å². The van der Waals surface area contributed by atoms with E-state index in [1.807, 2.05) is 42.6 Å². The van der Waals surface area contributed by atoms with E-state index in [2.05, 4.69) is 0 Å². The molecule has 2 rings (SSSR count). The molecule has 0 aliphatic rings. The van der Waals surface area contributed by atoms with E-state index in [-0.39, 0.29) is 6.04 Å². The van der Waals surface area contributed by atoms with Crippen LogP contribution in [0.2, 0.25) is 0 Å². The van der Waals surface area contributed by atoms with Crippen LogP contribution >= 0.6 is 11.3 Å². The highest BCUT2D eigenvalue weighted by atomic mass is 32.1. The SMILES string of the molecule is CCOc1cc([C@@H](N)c2cccs2)ccc1OC. The standard InChI is InChI=1S/C14H17NO2S/c1-3-17-12-9-10(6-7-11(12)16-2)14(15)13-5-4-8-18-13/h4-9,14H,3,15H2,1-2H3/t14-/m1/s1. The van der Waals surface area contributed by atoms with Crippen LogP contribution in [-0.2, 0) is 0 Å². The molecule has 0 aliphatic carbocycles. The van der Waals surface area contributed by atoms with Crippen LogP contribution in [0.3, 0.4) is 0 Å². The molecular formula is C14H17NO2S. The van der Waals surface area contributed by atoms with Crippen LogP contribution in [0.25, 0.3) is 0 Å². The highest BCUT2D eigenvalue weighted by Gasteiger charge is 2.13. The van der Waals surface area contributed by atoms with Gasteiger partial charge in [-0.05, 0) is 36.1 Å². The Kier molecular flexibility index (Phi) is 4.23. The molecule has 0 saturated carbocycles. The Morgan fingerprint density at radius 1 is 1.28 bits per heavy atom. The van der Waals surface area contributed by atoms with Gasteiger partial charge in [0.05, 0.1) is 19.8 Å². The zero-order chi connectivity index (χ0) is 13.0. The summed E-state index contributed by atoms with van der Waals surface area (Å²) in [4.78, 5) is 1.14. The molecular weight excluding hydrogens is 246 g/mol. The van der Waals surface area contributed by atoms with Crippen molar-refractivity contribution in [2.75, 3.05) is 13.7 Å². The summed E-state index contributed by atoms with van der Waals surface area (Å²) in [5, 5.41) is 2.03. The number of hydrogen-bond acceptors (Lipinski definition) is 4. The molecule has 96 valence electrons. The number of hydrogen-bond donors (Lipinski definition) is 1. The zero-order valence-corrected chi connectivity index (χ0v) is 11.4. The van der Waals surface area contributed by atoms with Crippen LogP contribution in [0.5, 0.6) is 11.5 Å². The molecule has 1 heterocycles. The van der Waals surface area contributed by atoms with E-state index in [9.17, 15) is 0 Å². The van der Waals surface area contributed by atoms with Crippen molar-refractivity contribution in [2.45, 2.75) is 13.0 Å². The minimum absolute atomic E-state index is 0.116. The average Bonchev–Trinajstić information content (AvgIpc) is 2.92. The molecule has 4 heteroatoms. The Morgan fingerprint density at radius 3 is 2.72 bits per heavy atom. The lowest BCUT2D eigenvalue weighted by Gasteiger charge is -2.14. The topological polar surface area (TPSA) is 44.5 Å². The smallest absolute Gasteiger partial charge is 0.161 e. The van der Waals surface area contributed by atoms with Crippen molar-refractivity contribution >= 4 is 11.3 Å². The molecule has 1 atom stereocenters. The molecule has 1 aromatic heterocycles. The van der Waals surface area contributed by atoms with Crippen molar-refractivity contribution < 1.29 is 9.47 Å². The number of ether oxygens (including phenoxy) is 2. The van der Waals surface area contributed by atoms with Crippen molar-refractivity contribution in [3.63, 3.8) is 0 Å². The lowest BCUT2D eigenvalue weighted by Crippen LogP contribution is -2.10. The van der Waals surface area contributed by atoms with Crippen molar-refractivity contribution in [3.8, 4) is 11.5 Å². The van der Waals surface area contributed by atoms with Gasteiger partial charge in [0.2, 0.25) is 0 Å². The van der Waals surface area contributed by atoms with Crippen LogP contribution in [0, 0.1) is 0 Å². The van der Waals surface area contributed by atoms with Crippen LogP contribution in [-0.4, -0.2) is 13.7 Å². The highest BCUT2D eigenvalue weighted by molar-refractivity contribution is 7.10. The first kappa shape index (κ1) is 12.9. The summed E-state index contributed by atoms with van der Waals surface area (Å²) in [6.07, 6.45) is 0. The molecule has 2 aromatic rings. The van der Waals surface area contributed by atoms with Crippen LogP contribution in [0.4, 0.5) is 0 Å². The van der Waals surface area contributed by atoms with Gasteiger partial charge < -0.3 is 15.2 Å². The number of benzene rings is 1. The summed E-state index contributed by atoms with van der Waals surface area (Å²) in [6.45, 7) is 2.55. The monoisotopic (exact) mass is 263 g/mol. The summed E-state index contributed by atoms with van der Waals surface area (Å²) >= 11 is 1.66. The Bertz CT molecular complexity index is 497. The fourth-order valence-electron chi connectivity index (χ4n) is 1.79. The van der Waals surface area contributed by atoms with Gasteiger partial charge in [0.1, 0.15) is 0 Å². The molecule has 18 heavy (non-hydrogen) atoms. The minimum atomic E-state index is -0.116. The number of thiophene rings is 1. The molecule has 0 spiro atoms. The normalized spacial score (nSPS) is 12.2. The Balaban J connectivity index is 2.31. The van der Waals surface area contributed by atoms with E-state index in [4.69, 9.17) is 15.2 Å². The molecule has 1 aromatic carbocycles. The van der Waals surface area contributed by atoms with E-state index in [0.29, 0.717) is 6.61 Å². The third-order valence-electron chi connectivity index (χ3n) is 2.70. The number of nitrogens with two attached hydrogens (primary N) is 1. The first-order valence-corrected chi connectivity index (χ1v) is 6.74. The van der Waals surface area contributed by atoms with Gasteiger partial charge in [-0.1, -0.05) is 12.1 Å². The van der Waals surface area contributed by atoms with Gasteiger partial charge >= 0.3 is 0 Å². The van der Waals surface area contributed by atoms with Gasteiger partial charge in [0.15, 0.2) is 11.5 Å². The average molecular weight is 263 g/mol. The number of methoxy groups -OCH3 is 1. The summed E-state index contributed by atoms with van der Waals surface area (Å²) < 4.78 is 10.8. The summed E-state index contributed by atoms with van der Waals surface area (Å²) in [6, 6.07) is 9.76. The highest BCUT2D eigenvalue weighted by Crippen LogP contribution is 2.32. The fraction of sp³-hybridized carbons (Fsp3) is 0.286. The van der Waals surface area contributed by atoms with Crippen molar-refractivity contribution in [1.82, 2.24) is 0 Å². The maximum atomic E-state index is 6.23. The van der Waals surface area contributed by atoms with E-state index < -0.39 is 0 Å². The van der Waals surface area contributed by atoms with Gasteiger partial charge in [-0.2, -0.15) is 0 Å². The first-order valence-electron chi connectivity index (χ1n) is 5.86. The van der Waals surface area contributed by atoms with E-state index >= 15 is 0 Å². The van der Waals surface area contributed by atoms with Gasteiger partial charge in [0.25, 0.3) is 0 Å². The van der Waals surface area contributed by atoms with E-state index in [1.54, 1.807) is 18.4 Å². The summed E-state index contributed by atoms with van der Waals surface area (Å²) in [7, 11) is 1.64. The summed E-state index contributed by atoms with van der Waals surface area (Å²) in [5.74, 6) is 1.48. The lowest BCUT2D eigenvalue weighted by molar-refractivity contribution is 0.310. The minimum Gasteiger partial charge on any atom is -0.493 e. The molecule has 0 radical (unpaired) electrons. The molecule has 0 saturated heterocycles. The Labute approximate surface area is 111 Å². The fourth-order valence-corrected chi connectivity index (χ4v) is 2.54. The molecule has 0 unspecified atom stereocenters. The molecule has 0 amide bonds. The predicted octanol–water partition coefficient (Wildman–Crippen LogP) is 3.20. The second kappa shape index (κ2) is 5.89. The third-order valence-corrected chi connectivity index (χ3v) is 3.65. The Hall–Kier alpha value is -1.52. The third kappa shape index (κ3) is 2.66. The second-order valence-corrected chi connectivity index (χ2v) is 4.82. The largest absolute Gasteiger partial charge is 0.493 e. The molecule has 3 nitrogen and oxygen atoms in total. The van der Waals surface area contributed by atoms with Crippen molar-refractivity contribution in [1.29, 1.82) is 0 Å². The predicted molar refractivity (Wildman–Crippen MR) is 74.5 cm³/mol. The van der Waals surface area contributed by atoms with Crippen LogP contribution in [0.15, 0.2) is 35.7 Å².